The zero-order valence-corrected chi connectivity index (χ0v) is 9.64. The van der Waals surface area contributed by atoms with Gasteiger partial charge in [0.25, 0.3) is 0 Å². The van der Waals surface area contributed by atoms with E-state index in [1.165, 1.54) is 17.5 Å². The van der Waals surface area contributed by atoms with Crippen molar-refractivity contribution in [3.05, 3.63) is 11.1 Å². The van der Waals surface area contributed by atoms with E-state index in [2.05, 4.69) is 4.98 Å². The number of aromatic nitrogens is 1. The Morgan fingerprint density at radius 1 is 1.60 bits per heavy atom. The summed E-state index contributed by atoms with van der Waals surface area (Å²) in [6.45, 7) is 1.60. The lowest BCUT2D eigenvalue weighted by atomic mass is 10.2. The van der Waals surface area contributed by atoms with Gasteiger partial charge in [-0.25, -0.2) is 9.78 Å². The van der Waals surface area contributed by atoms with Crippen molar-refractivity contribution in [2.75, 3.05) is 13.2 Å². The molecule has 2 rings (SSSR count). The highest BCUT2D eigenvalue weighted by atomic mass is 32.2. The van der Waals surface area contributed by atoms with E-state index in [0.29, 0.717) is 10.1 Å². The Labute approximate surface area is 95.7 Å². The van der Waals surface area contributed by atoms with Crippen molar-refractivity contribution < 1.29 is 14.6 Å². The third kappa shape index (κ3) is 2.93. The maximum Gasteiger partial charge on any atom is 0.347 e. The van der Waals surface area contributed by atoms with Gasteiger partial charge in [-0.05, 0) is 12.8 Å². The zero-order chi connectivity index (χ0) is 10.7. The van der Waals surface area contributed by atoms with Crippen molar-refractivity contribution in [2.45, 2.75) is 22.4 Å². The number of carboxylic acids is 1. The smallest absolute Gasteiger partial charge is 0.347 e. The van der Waals surface area contributed by atoms with E-state index in [1.54, 1.807) is 11.8 Å². The summed E-state index contributed by atoms with van der Waals surface area (Å²) in [6, 6.07) is 0. The number of hydrogen-bond acceptors (Lipinski definition) is 5. The number of carbonyl (C=O) groups is 1. The number of hydrogen-bond donors (Lipinski definition) is 1. The fourth-order valence-electron chi connectivity index (χ4n) is 1.35. The highest BCUT2D eigenvalue weighted by Crippen LogP contribution is 2.32. The van der Waals surface area contributed by atoms with Crippen LogP contribution in [0.4, 0.5) is 0 Å². The molecule has 1 fully saturated rings. The third-order valence-corrected chi connectivity index (χ3v) is 4.56. The van der Waals surface area contributed by atoms with Gasteiger partial charge in [-0.3, -0.25) is 0 Å². The second-order valence-electron chi connectivity index (χ2n) is 3.23. The molecule has 0 amide bonds. The van der Waals surface area contributed by atoms with E-state index >= 15 is 0 Å². The summed E-state index contributed by atoms with van der Waals surface area (Å²) >= 11 is 2.91. The Morgan fingerprint density at radius 2 is 2.33 bits per heavy atom. The van der Waals surface area contributed by atoms with Crippen LogP contribution in [0.1, 0.15) is 22.5 Å². The quantitative estimate of drug-likeness (QED) is 0.883. The average Bonchev–Trinajstić information content (AvgIpc) is 2.68. The van der Waals surface area contributed by atoms with Crippen LogP contribution in [0.15, 0.2) is 10.5 Å². The normalized spacial score (nSPS) is 17.9. The maximum atomic E-state index is 10.6. The summed E-state index contributed by atoms with van der Waals surface area (Å²) < 4.78 is 6.10. The average molecular weight is 245 g/mol. The summed E-state index contributed by atoms with van der Waals surface area (Å²) in [4.78, 5) is 15.0. The summed E-state index contributed by atoms with van der Waals surface area (Å²) in [5.41, 5.74) is 0. The number of thioether (sulfide) groups is 1. The highest BCUT2D eigenvalue weighted by Gasteiger charge is 2.17. The molecule has 0 aromatic carbocycles. The van der Waals surface area contributed by atoms with E-state index in [1.807, 2.05) is 0 Å². The number of aromatic carboxylic acids is 1. The lowest BCUT2D eigenvalue weighted by Gasteiger charge is -2.19. The molecule has 0 bridgehead atoms. The third-order valence-electron chi connectivity index (χ3n) is 2.13. The number of thiazole rings is 1. The van der Waals surface area contributed by atoms with Crippen molar-refractivity contribution in [3.8, 4) is 0 Å². The Balaban J connectivity index is 1.94. The summed E-state index contributed by atoms with van der Waals surface area (Å²) in [6.07, 6.45) is 3.47. The standard InChI is InChI=1S/C9H11NO3S2/c11-8(12)7-5-10-9(15-7)14-6-1-3-13-4-2-6/h5-6H,1-4H2,(H,11,12). The highest BCUT2D eigenvalue weighted by molar-refractivity contribution is 8.01. The van der Waals surface area contributed by atoms with Crippen LogP contribution >= 0.6 is 23.1 Å². The van der Waals surface area contributed by atoms with Gasteiger partial charge in [0.05, 0.1) is 6.20 Å². The van der Waals surface area contributed by atoms with Crippen LogP contribution < -0.4 is 0 Å². The predicted molar refractivity (Wildman–Crippen MR) is 58.8 cm³/mol. The van der Waals surface area contributed by atoms with E-state index < -0.39 is 5.97 Å². The van der Waals surface area contributed by atoms with Crippen LogP contribution in [0.3, 0.4) is 0 Å². The first kappa shape index (κ1) is 10.9. The second-order valence-corrected chi connectivity index (χ2v) is 5.80. The molecule has 0 saturated carbocycles. The summed E-state index contributed by atoms with van der Waals surface area (Å²) in [5.74, 6) is -0.897. The topological polar surface area (TPSA) is 59.4 Å². The molecule has 1 aliphatic rings. The van der Waals surface area contributed by atoms with Gasteiger partial charge < -0.3 is 9.84 Å². The Morgan fingerprint density at radius 3 is 2.93 bits per heavy atom. The van der Waals surface area contributed by atoms with Gasteiger partial charge in [0.2, 0.25) is 0 Å². The molecule has 1 aliphatic heterocycles. The lowest BCUT2D eigenvalue weighted by Crippen LogP contribution is -2.17. The molecular weight excluding hydrogens is 234 g/mol. The molecule has 82 valence electrons. The van der Waals surface area contributed by atoms with Crippen LogP contribution in [0.5, 0.6) is 0 Å². The fourth-order valence-corrected chi connectivity index (χ4v) is 3.53. The first-order valence-electron chi connectivity index (χ1n) is 4.69. The molecule has 1 aromatic heterocycles. The monoisotopic (exact) mass is 245 g/mol. The minimum atomic E-state index is -0.897. The van der Waals surface area contributed by atoms with Crippen LogP contribution in [0, 0.1) is 0 Å². The molecule has 0 atom stereocenters. The molecule has 4 nitrogen and oxygen atoms in total. The van der Waals surface area contributed by atoms with Gasteiger partial charge in [-0.2, -0.15) is 0 Å². The number of carboxylic acid groups (broad SMARTS) is 1. The van der Waals surface area contributed by atoms with Crippen LogP contribution in [-0.2, 0) is 4.74 Å². The molecule has 6 heteroatoms. The molecule has 1 N–H and O–H groups in total. The van der Waals surface area contributed by atoms with Gasteiger partial charge in [-0.15, -0.1) is 11.3 Å². The van der Waals surface area contributed by atoms with Crippen LogP contribution in [-0.4, -0.2) is 34.5 Å². The SMILES string of the molecule is O=C(O)c1cnc(SC2CCOCC2)s1. The molecule has 2 heterocycles. The second kappa shape index (κ2) is 4.96. The molecule has 1 aromatic rings. The van der Waals surface area contributed by atoms with Gasteiger partial charge in [0.15, 0.2) is 4.34 Å². The van der Waals surface area contributed by atoms with Crippen LogP contribution in [0.2, 0.25) is 0 Å². The summed E-state index contributed by atoms with van der Waals surface area (Å²) in [5, 5.41) is 9.27. The zero-order valence-electron chi connectivity index (χ0n) is 8.01. The maximum absolute atomic E-state index is 10.6. The Bertz CT molecular complexity index is 347. The number of nitrogens with zero attached hydrogens (tertiary/aromatic N) is 1. The first-order valence-corrected chi connectivity index (χ1v) is 6.39. The minimum absolute atomic E-state index is 0.310. The first-order chi connectivity index (χ1) is 7.25. The van der Waals surface area contributed by atoms with Gasteiger partial charge in [0, 0.05) is 18.5 Å². The predicted octanol–water partition coefficient (Wildman–Crippen LogP) is 2.11. The van der Waals surface area contributed by atoms with Crippen molar-refractivity contribution in [2.24, 2.45) is 0 Å². The van der Waals surface area contributed by atoms with E-state index in [4.69, 9.17) is 9.84 Å². The summed E-state index contributed by atoms with van der Waals surface area (Å²) in [7, 11) is 0. The molecule has 15 heavy (non-hydrogen) atoms. The van der Waals surface area contributed by atoms with Crippen LogP contribution in [0.25, 0.3) is 0 Å². The van der Waals surface area contributed by atoms with E-state index in [0.717, 1.165) is 30.4 Å². The fraction of sp³-hybridized carbons (Fsp3) is 0.556. The molecule has 0 spiro atoms. The number of ether oxygens (including phenoxy) is 1. The largest absolute Gasteiger partial charge is 0.477 e. The molecule has 0 unspecified atom stereocenters. The Kier molecular flexibility index (Phi) is 3.61. The van der Waals surface area contributed by atoms with Gasteiger partial charge in [0.1, 0.15) is 4.88 Å². The van der Waals surface area contributed by atoms with E-state index in [-0.39, 0.29) is 0 Å². The lowest BCUT2D eigenvalue weighted by molar-refractivity contribution is 0.0702. The van der Waals surface area contributed by atoms with Gasteiger partial charge >= 0.3 is 5.97 Å². The van der Waals surface area contributed by atoms with Crippen molar-refractivity contribution in [1.82, 2.24) is 4.98 Å². The van der Waals surface area contributed by atoms with Crippen molar-refractivity contribution in [1.29, 1.82) is 0 Å². The Hall–Kier alpha value is -0.590. The van der Waals surface area contributed by atoms with E-state index in [9.17, 15) is 4.79 Å². The van der Waals surface area contributed by atoms with Crippen molar-refractivity contribution in [3.63, 3.8) is 0 Å². The molecule has 0 aliphatic carbocycles. The van der Waals surface area contributed by atoms with Crippen molar-refractivity contribution >= 4 is 29.1 Å². The minimum Gasteiger partial charge on any atom is -0.477 e. The number of rotatable bonds is 3. The molecule has 1 saturated heterocycles. The molecular formula is C9H11NO3S2. The molecule has 0 radical (unpaired) electrons. The van der Waals surface area contributed by atoms with Gasteiger partial charge in [-0.1, -0.05) is 11.8 Å².